The van der Waals surface area contributed by atoms with E-state index >= 15 is 0 Å². The van der Waals surface area contributed by atoms with E-state index in [2.05, 4.69) is 41.1 Å². The van der Waals surface area contributed by atoms with Crippen LogP contribution in [0, 0.1) is 0 Å². The van der Waals surface area contributed by atoms with E-state index in [1.165, 1.54) is 37.3 Å². The molecule has 2 fully saturated rings. The van der Waals surface area contributed by atoms with Crippen molar-refractivity contribution in [2.75, 3.05) is 33.2 Å². The van der Waals surface area contributed by atoms with Crippen LogP contribution in [0.3, 0.4) is 0 Å². The van der Waals surface area contributed by atoms with E-state index in [1.54, 1.807) is 0 Å². The summed E-state index contributed by atoms with van der Waals surface area (Å²) in [6.07, 6.45) is 2.29. The second kappa shape index (κ2) is 4.65. The van der Waals surface area contributed by atoms with Crippen molar-refractivity contribution in [3.05, 3.63) is 35.4 Å². The van der Waals surface area contributed by atoms with Crippen molar-refractivity contribution < 1.29 is 0 Å². The molecule has 1 heterocycles. The van der Waals surface area contributed by atoms with E-state index in [-0.39, 0.29) is 5.54 Å². The van der Waals surface area contributed by atoms with Gasteiger partial charge < -0.3 is 10.6 Å². The van der Waals surface area contributed by atoms with Gasteiger partial charge in [0.05, 0.1) is 0 Å². The number of hydrogen-bond acceptors (Lipinski definition) is 3. The van der Waals surface area contributed by atoms with Crippen molar-refractivity contribution in [1.82, 2.24) is 9.80 Å². The lowest BCUT2D eigenvalue weighted by molar-refractivity contribution is 0.148. The molecule has 3 heteroatoms. The zero-order valence-electron chi connectivity index (χ0n) is 11.2. The van der Waals surface area contributed by atoms with Crippen LogP contribution in [0.5, 0.6) is 0 Å². The molecule has 0 unspecified atom stereocenters. The normalized spacial score (nSPS) is 24.1. The lowest BCUT2D eigenvalue weighted by atomic mass is 10.0. The fourth-order valence-corrected chi connectivity index (χ4v) is 2.63. The Kier molecular flexibility index (Phi) is 3.14. The summed E-state index contributed by atoms with van der Waals surface area (Å²) in [7, 11) is 2.20. The van der Waals surface area contributed by atoms with Crippen LogP contribution in [0.25, 0.3) is 0 Å². The van der Waals surface area contributed by atoms with Crippen LogP contribution in [-0.4, -0.2) is 43.0 Å². The van der Waals surface area contributed by atoms with Crippen molar-refractivity contribution in [1.29, 1.82) is 0 Å². The predicted octanol–water partition coefficient (Wildman–Crippen LogP) is 1.38. The first-order valence-electron chi connectivity index (χ1n) is 6.95. The molecule has 98 valence electrons. The molecule has 0 atom stereocenters. The van der Waals surface area contributed by atoms with Crippen LogP contribution in [0.1, 0.15) is 24.0 Å². The molecule has 18 heavy (non-hydrogen) atoms. The summed E-state index contributed by atoms with van der Waals surface area (Å²) in [5.74, 6) is 0. The minimum Gasteiger partial charge on any atom is -0.321 e. The number of rotatable bonds is 3. The van der Waals surface area contributed by atoms with Gasteiger partial charge in [-0.1, -0.05) is 24.3 Å². The van der Waals surface area contributed by atoms with Gasteiger partial charge in [0.15, 0.2) is 0 Å². The molecule has 3 rings (SSSR count). The molecule has 0 radical (unpaired) electrons. The summed E-state index contributed by atoms with van der Waals surface area (Å²) in [5, 5.41) is 0. The first kappa shape index (κ1) is 12.2. The summed E-state index contributed by atoms with van der Waals surface area (Å²) in [4.78, 5) is 4.93. The topological polar surface area (TPSA) is 32.5 Å². The van der Waals surface area contributed by atoms with Crippen molar-refractivity contribution in [2.45, 2.75) is 24.9 Å². The first-order chi connectivity index (χ1) is 8.66. The zero-order chi connectivity index (χ0) is 12.6. The fraction of sp³-hybridized carbons (Fsp3) is 0.600. The van der Waals surface area contributed by atoms with E-state index in [4.69, 9.17) is 5.73 Å². The maximum Gasteiger partial charge on any atom is 0.0411 e. The molecule has 1 aliphatic carbocycles. The van der Waals surface area contributed by atoms with E-state index in [9.17, 15) is 0 Å². The van der Waals surface area contributed by atoms with Crippen molar-refractivity contribution >= 4 is 0 Å². The van der Waals surface area contributed by atoms with Crippen LogP contribution >= 0.6 is 0 Å². The molecule has 1 aliphatic heterocycles. The lowest BCUT2D eigenvalue weighted by Crippen LogP contribution is -2.43. The van der Waals surface area contributed by atoms with Gasteiger partial charge in [-0.05, 0) is 31.0 Å². The molecule has 1 aromatic rings. The van der Waals surface area contributed by atoms with E-state index < -0.39 is 0 Å². The van der Waals surface area contributed by atoms with Crippen molar-refractivity contribution in [3.8, 4) is 0 Å². The highest BCUT2D eigenvalue weighted by Gasteiger charge is 2.39. The van der Waals surface area contributed by atoms with Gasteiger partial charge in [0.2, 0.25) is 0 Å². The molecule has 0 spiro atoms. The van der Waals surface area contributed by atoms with Crippen LogP contribution < -0.4 is 5.73 Å². The molecule has 0 bridgehead atoms. The van der Waals surface area contributed by atoms with E-state index in [0.29, 0.717) is 0 Å². The Balaban J connectivity index is 1.60. The highest BCUT2D eigenvalue weighted by Crippen LogP contribution is 2.42. The maximum atomic E-state index is 6.20. The maximum absolute atomic E-state index is 6.20. The van der Waals surface area contributed by atoms with Gasteiger partial charge in [-0.3, -0.25) is 4.90 Å². The number of nitrogens with two attached hydrogens (primary N) is 1. The van der Waals surface area contributed by atoms with E-state index in [1.807, 2.05) is 0 Å². The molecule has 0 aromatic heterocycles. The van der Waals surface area contributed by atoms with Crippen LogP contribution in [0.4, 0.5) is 0 Å². The van der Waals surface area contributed by atoms with Gasteiger partial charge in [0, 0.05) is 38.3 Å². The Bertz CT molecular complexity index is 400. The van der Waals surface area contributed by atoms with E-state index in [0.717, 1.165) is 19.4 Å². The minimum absolute atomic E-state index is 0.00632. The van der Waals surface area contributed by atoms with Crippen LogP contribution in [0.2, 0.25) is 0 Å². The van der Waals surface area contributed by atoms with Gasteiger partial charge in [-0.2, -0.15) is 0 Å². The molecule has 1 saturated heterocycles. The molecule has 3 nitrogen and oxygen atoms in total. The second-order valence-electron chi connectivity index (χ2n) is 5.93. The molecule has 1 saturated carbocycles. The second-order valence-corrected chi connectivity index (χ2v) is 5.93. The number of piperazine rings is 1. The lowest BCUT2D eigenvalue weighted by Gasteiger charge is -2.32. The fourth-order valence-electron chi connectivity index (χ4n) is 2.63. The number of hydrogen-bond donors (Lipinski definition) is 1. The third-order valence-electron chi connectivity index (χ3n) is 4.32. The van der Waals surface area contributed by atoms with Crippen LogP contribution in [-0.2, 0) is 12.1 Å². The standard InChI is InChI=1S/C15H23N3/c1-17-8-10-18(11-9-17)12-13-2-4-14(5-3-13)15(16)6-7-15/h2-5H,6-12,16H2,1H3. The summed E-state index contributed by atoms with van der Waals surface area (Å²) in [5.41, 5.74) is 8.93. The quantitative estimate of drug-likeness (QED) is 0.873. The summed E-state index contributed by atoms with van der Waals surface area (Å²) < 4.78 is 0. The van der Waals surface area contributed by atoms with Crippen molar-refractivity contribution in [2.24, 2.45) is 5.73 Å². The molecular weight excluding hydrogens is 222 g/mol. The SMILES string of the molecule is CN1CCN(Cc2ccc(C3(N)CC3)cc2)CC1. The predicted molar refractivity (Wildman–Crippen MR) is 74.3 cm³/mol. The minimum atomic E-state index is 0.00632. The Hall–Kier alpha value is -0.900. The highest BCUT2D eigenvalue weighted by atomic mass is 15.2. The third kappa shape index (κ3) is 2.58. The largest absolute Gasteiger partial charge is 0.321 e. The Morgan fingerprint density at radius 1 is 1.06 bits per heavy atom. The number of benzene rings is 1. The van der Waals surface area contributed by atoms with Gasteiger partial charge >= 0.3 is 0 Å². The summed E-state index contributed by atoms with van der Waals surface area (Å²) in [6, 6.07) is 8.94. The zero-order valence-corrected chi connectivity index (χ0v) is 11.2. The van der Waals surface area contributed by atoms with Gasteiger partial charge in [0.25, 0.3) is 0 Å². The summed E-state index contributed by atoms with van der Waals surface area (Å²) >= 11 is 0. The third-order valence-corrected chi connectivity index (χ3v) is 4.32. The Morgan fingerprint density at radius 2 is 1.67 bits per heavy atom. The highest BCUT2D eigenvalue weighted by molar-refractivity contribution is 5.32. The van der Waals surface area contributed by atoms with Crippen molar-refractivity contribution in [3.63, 3.8) is 0 Å². The molecule has 2 N–H and O–H groups in total. The van der Waals surface area contributed by atoms with Crippen LogP contribution in [0.15, 0.2) is 24.3 Å². The number of likely N-dealkylation sites (N-methyl/N-ethyl adjacent to an activating group) is 1. The molecular formula is C15H23N3. The molecule has 0 amide bonds. The van der Waals surface area contributed by atoms with Gasteiger partial charge in [0.1, 0.15) is 0 Å². The Morgan fingerprint density at radius 3 is 2.22 bits per heavy atom. The number of nitrogens with zero attached hydrogens (tertiary/aromatic N) is 2. The smallest absolute Gasteiger partial charge is 0.0411 e. The molecule has 1 aromatic carbocycles. The average molecular weight is 245 g/mol. The first-order valence-corrected chi connectivity index (χ1v) is 6.95. The monoisotopic (exact) mass is 245 g/mol. The molecule has 2 aliphatic rings. The van der Waals surface area contributed by atoms with Gasteiger partial charge in [-0.25, -0.2) is 0 Å². The Labute approximate surface area is 110 Å². The van der Waals surface area contributed by atoms with Gasteiger partial charge in [-0.15, -0.1) is 0 Å². The average Bonchev–Trinajstić information content (AvgIpc) is 3.12. The summed E-state index contributed by atoms with van der Waals surface area (Å²) in [6.45, 7) is 5.80.